The number of aliphatic carboxylic acids is 1. The van der Waals surface area contributed by atoms with Gasteiger partial charge in [-0.25, -0.2) is 0 Å². The first kappa shape index (κ1) is 15.8. The molecule has 1 fully saturated rings. The minimum absolute atomic E-state index is 0.175. The van der Waals surface area contributed by atoms with E-state index in [1.165, 1.54) is 4.90 Å². The topological polar surface area (TPSA) is 90.6 Å². The molecule has 0 saturated carbocycles. The van der Waals surface area contributed by atoms with E-state index in [-0.39, 0.29) is 12.5 Å². The number of ether oxygens (including phenoxy) is 1. The van der Waals surface area contributed by atoms with E-state index in [9.17, 15) is 14.7 Å². The highest BCUT2D eigenvalue weighted by Gasteiger charge is 2.43. The van der Waals surface area contributed by atoms with Gasteiger partial charge in [-0.1, -0.05) is 12.1 Å². The number of nitriles is 1. The second-order valence-corrected chi connectivity index (χ2v) is 5.74. The summed E-state index contributed by atoms with van der Waals surface area (Å²) in [7, 11) is 0. The lowest BCUT2D eigenvalue weighted by Crippen LogP contribution is -2.41. The number of carboxylic acid groups (broad SMARTS) is 1. The van der Waals surface area contributed by atoms with Crippen LogP contribution in [0.15, 0.2) is 24.3 Å². The van der Waals surface area contributed by atoms with Crippen LogP contribution in [-0.2, 0) is 9.59 Å². The largest absolute Gasteiger partial charge is 0.481 e. The molecule has 0 radical (unpaired) electrons. The van der Waals surface area contributed by atoms with Gasteiger partial charge in [-0.3, -0.25) is 9.59 Å². The first-order valence-corrected chi connectivity index (χ1v) is 7.05. The molecule has 1 N–H and O–H groups in total. The summed E-state index contributed by atoms with van der Waals surface area (Å²) in [5.74, 6) is -0.810. The van der Waals surface area contributed by atoms with Crippen LogP contribution in [0.5, 0.6) is 5.75 Å². The van der Waals surface area contributed by atoms with Gasteiger partial charge in [0.05, 0.1) is 11.0 Å². The van der Waals surface area contributed by atoms with Gasteiger partial charge in [0, 0.05) is 13.1 Å². The minimum atomic E-state index is -0.903. The van der Waals surface area contributed by atoms with Crippen molar-refractivity contribution in [1.82, 2.24) is 4.90 Å². The van der Waals surface area contributed by atoms with Crippen molar-refractivity contribution in [1.29, 1.82) is 5.26 Å². The van der Waals surface area contributed by atoms with Crippen molar-refractivity contribution in [2.24, 2.45) is 5.41 Å². The van der Waals surface area contributed by atoms with E-state index in [1.807, 2.05) is 6.07 Å². The van der Waals surface area contributed by atoms with E-state index < -0.39 is 17.5 Å². The second kappa shape index (κ2) is 6.06. The molecule has 0 unspecified atom stereocenters. The average molecular weight is 302 g/mol. The number of para-hydroxylation sites is 1. The number of hydrogen-bond acceptors (Lipinski definition) is 4. The Morgan fingerprint density at radius 1 is 1.45 bits per heavy atom. The molecule has 1 aliphatic heterocycles. The molecule has 1 aliphatic rings. The predicted molar refractivity (Wildman–Crippen MR) is 78.2 cm³/mol. The Morgan fingerprint density at radius 3 is 2.73 bits per heavy atom. The third-order valence-corrected chi connectivity index (χ3v) is 3.96. The first-order chi connectivity index (χ1) is 10.4. The van der Waals surface area contributed by atoms with Gasteiger partial charge in [-0.15, -0.1) is 0 Å². The molecular weight excluding hydrogens is 284 g/mol. The Kier molecular flexibility index (Phi) is 4.36. The summed E-state index contributed by atoms with van der Waals surface area (Å²) in [6.07, 6.45) is -0.346. The van der Waals surface area contributed by atoms with Gasteiger partial charge in [0.15, 0.2) is 6.10 Å². The van der Waals surface area contributed by atoms with Gasteiger partial charge < -0.3 is 14.7 Å². The van der Waals surface area contributed by atoms with Gasteiger partial charge >= 0.3 is 5.97 Å². The number of likely N-dealkylation sites (tertiary alicyclic amines) is 1. The van der Waals surface area contributed by atoms with Crippen molar-refractivity contribution in [3.05, 3.63) is 29.8 Å². The Labute approximate surface area is 128 Å². The fourth-order valence-electron chi connectivity index (χ4n) is 2.48. The smallest absolute Gasteiger partial charge is 0.311 e. The van der Waals surface area contributed by atoms with E-state index in [0.29, 0.717) is 24.3 Å². The lowest BCUT2D eigenvalue weighted by Gasteiger charge is -2.23. The first-order valence-electron chi connectivity index (χ1n) is 7.05. The number of rotatable bonds is 4. The number of hydrogen-bond donors (Lipinski definition) is 1. The van der Waals surface area contributed by atoms with Crippen LogP contribution in [0, 0.1) is 16.7 Å². The average Bonchev–Trinajstić information content (AvgIpc) is 2.91. The highest BCUT2D eigenvalue weighted by atomic mass is 16.5. The number of carbonyl (C=O) groups excluding carboxylic acids is 1. The summed E-state index contributed by atoms with van der Waals surface area (Å²) in [5, 5.41) is 18.2. The van der Waals surface area contributed by atoms with E-state index >= 15 is 0 Å². The van der Waals surface area contributed by atoms with Gasteiger partial charge in [0.25, 0.3) is 5.91 Å². The molecule has 1 amide bonds. The standard InChI is InChI=1S/C16H18N2O4/c1-11(22-13-6-4-3-5-12(13)9-17)14(19)18-8-7-16(2,10-18)15(20)21/h3-6,11H,7-8,10H2,1-2H3,(H,20,21)/t11-,16+/m1/s1. The van der Waals surface area contributed by atoms with E-state index in [4.69, 9.17) is 10.00 Å². The van der Waals surface area contributed by atoms with Gasteiger partial charge in [0.2, 0.25) is 0 Å². The third-order valence-electron chi connectivity index (χ3n) is 3.96. The summed E-state index contributed by atoms with van der Waals surface area (Å²) >= 11 is 0. The molecular formula is C16H18N2O4. The lowest BCUT2D eigenvalue weighted by molar-refractivity contribution is -0.147. The van der Waals surface area contributed by atoms with Gasteiger partial charge in [0.1, 0.15) is 11.8 Å². The van der Waals surface area contributed by atoms with Crippen molar-refractivity contribution < 1.29 is 19.4 Å². The van der Waals surface area contributed by atoms with Gasteiger partial charge in [-0.05, 0) is 32.4 Å². The number of carbonyl (C=O) groups is 2. The highest BCUT2D eigenvalue weighted by Crippen LogP contribution is 2.30. The van der Waals surface area contributed by atoms with Crippen LogP contribution in [0.1, 0.15) is 25.8 Å². The van der Waals surface area contributed by atoms with Crippen molar-refractivity contribution in [2.45, 2.75) is 26.4 Å². The molecule has 1 saturated heterocycles. The molecule has 1 aromatic rings. The van der Waals surface area contributed by atoms with Gasteiger partial charge in [-0.2, -0.15) is 5.26 Å². The maximum Gasteiger partial charge on any atom is 0.311 e. The molecule has 0 bridgehead atoms. The van der Waals surface area contributed by atoms with Crippen LogP contribution in [0.4, 0.5) is 0 Å². The van der Waals surface area contributed by atoms with Crippen LogP contribution in [-0.4, -0.2) is 41.1 Å². The summed E-state index contributed by atoms with van der Waals surface area (Å²) in [6, 6.07) is 8.70. The van der Waals surface area contributed by atoms with E-state index in [1.54, 1.807) is 38.1 Å². The Morgan fingerprint density at radius 2 is 2.14 bits per heavy atom. The molecule has 0 spiro atoms. The molecule has 1 aromatic carbocycles. The monoisotopic (exact) mass is 302 g/mol. The number of carboxylic acids is 1. The number of amides is 1. The zero-order valence-corrected chi connectivity index (χ0v) is 12.6. The summed E-state index contributed by atoms with van der Waals surface area (Å²) in [5.41, 5.74) is -0.543. The van der Waals surface area contributed by atoms with Crippen LogP contribution < -0.4 is 4.74 Å². The normalized spacial score (nSPS) is 22.0. The molecule has 2 atom stereocenters. The molecule has 2 rings (SSSR count). The molecule has 0 aromatic heterocycles. The third kappa shape index (κ3) is 3.03. The number of benzene rings is 1. The van der Waals surface area contributed by atoms with E-state index in [2.05, 4.69) is 0 Å². The van der Waals surface area contributed by atoms with Crippen molar-refractivity contribution >= 4 is 11.9 Å². The summed E-state index contributed by atoms with van der Waals surface area (Å²) in [4.78, 5) is 25.1. The van der Waals surface area contributed by atoms with Crippen molar-refractivity contribution in [2.75, 3.05) is 13.1 Å². The molecule has 1 heterocycles. The van der Waals surface area contributed by atoms with Crippen LogP contribution in [0.2, 0.25) is 0 Å². The maximum absolute atomic E-state index is 12.4. The zero-order valence-electron chi connectivity index (χ0n) is 12.6. The second-order valence-electron chi connectivity index (χ2n) is 5.74. The summed E-state index contributed by atoms with van der Waals surface area (Å²) in [6.45, 7) is 3.82. The molecule has 22 heavy (non-hydrogen) atoms. The fourth-order valence-corrected chi connectivity index (χ4v) is 2.48. The molecule has 116 valence electrons. The fraction of sp³-hybridized carbons (Fsp3) is 0.438. The lowest BCUT2D eigenvalue weighted by atomic mass is 9.90. The van der Waals surface area contributed by atoms with E-state index in [0.717, 1.165) is 0 Å². The predicted octanol–water partition coefficient (Wildman–Crippen LogP) is 1.65. The van der Waals surface area contributed by atoms with Crippen LogP contribution in [0.25, 0.3) is 0 Å². The SMILES string of the molecule is C[C@@H](Oc1ccccc1C#N)C(=O)N1CC[C@](C)(C(=O)O)C1. The number of nitrogens with zero attached hydrogens (tertiary/aromatic N) is 2. The Bertz CT molecular complexity index is 637. The van der Waals surface area contributed by atoms with Crippen molar-refractivity contribution in [3.8, 4) is 11.8 Å². The van der Waals surface area contributed by atoms with Crippen LogP contribution in [0.3, 0.4) is 0 Å². The molecule has 6 nitrogen and oxygen atoms in total. The van der Waals surface area contributed by atoms with Crippen LogP contribution >= 0.6 is 0 Å². The molecule has 6 heteroatoms. The quantitative estimate of drug-likeness (QED) is 0.913. The summed E-state index contributed by atoms with van der Waals surface area (Å²) < 4.78 is 5.58. The Hall–Kier alpha value is -2.55. The minimum Gasteiger partial charge on any atom is -0.481 e. The maximum atomic E-state index is 12.4. The Balaban J connectivity index is 2.05. The molecule has 0 aliphatic carbocycles. The highest BCUT2D eigenvalue weighted by molar-refractivity contribution is 5.83. The zero-order chi connectivity index (χ0) is 16.3. The van der Waals surface area contributed by atoms with Crippen molar-refractivity contribution in [3.63, 3.8) is 0 Å².